The lowest BCUT2D eigenvalue weighted by Gasteiger charge is -2.26. The van der Waals surface area contributed by atoms with Crippen LogP contribution in [0.3, 0.4) is 0 Å². The molecular weight excluding hydrogens is 304 g/mol. The number of nitrogens with one attached hydrogen (secondary N) is 2. The second-order valence-electron chi connectivity index (χ2n) is 5.90. The van der Waals surface area contributed by atoms with Gasteiger partial charge in [-0.2, -0.15) is 0 Å². The minimum atomic E-state index is -3.62. The van der Waals surface area contributed by atoms with Crippen molar-refractivity contribution < 1.29 is 18.3 Å². The van der Waals surface area contributed by atoms with Gasteiger partial charge in [0.15, 0.2) is 0 Å². The van der Waals surface area contributed by atoms with Gasteiger partial charge in [0.25, 0.3) is 0 Å². The highest BCUT2D eigenvalue weighted by Gasteiger charge is 2.34. The first-order chi connectivity index (χ1) is 10.4. The van der Waals surface area contributed by atoms with E-state index in [1.807, 2.05) is 0 Å². The van der Waals surface area contributed by atoms with Crippen molar-refractivity contribution in [3.05, 3.63) is 24.3 Å². The monoisotopic (exact) mass is 326 g/mol. The van der Waals surface area contributed by atoms with E-state index in [0.29, 0.717) is 5.69 Å². The maximum Gasteiger partial charge on any atom is 0.240 e. The third kappa shape index (κ3) is 4.06. The van der Waals surface area contributed by atoms with Gasteiger partial charge in [0.2, 0.25) is 15.9 Å². The van der Waals surface area contributed by atoms with Crippen LogP contribution in [0.4, 0.5) is 5.69 Å². The highest BCUT2D eigenvalue weighted by atomic mass is 32.2. The number of benzene rings is 1. The Bertz CT molecular complexity index is 619. The van der Waals surface area contributed by atoms with Crippen LogP contribution in [0.2, 0.25) is 0 Å². The second-order valence-corrected chi connectivity index (χ2v) is 7.66. The Morgan fingerprint density at radius 3 is 2.32 bits per heavy atom. The summed E-state index contributed by atoms with van der Waals surface area (Å²) in [6, 6.07) is 6.00. The van der Waals surface area contributed by atoms with E-state index in [1.165, 1.54) is 19.1 Å². The number of aliphatic hydroxyl groups excluding tert-OH is 1. The van der Waals surface area contributed by atoms with Gasteiger partial charge >= 0.3 is 0 Å². The average molecular weight is 326 g/mol. The molecule has 0 atom stereocenters. The molecular formula is C15H22N2O4S. The van der Waals surface area contributed by atoms with E-state index < -0.39 is 10.0 Å². The fraction of sp³-hybridized carbons (Fsp3) is 0.533. The summed E-state index contributed by atoms with van der Waals surface area (Å²) in [7, 11) is -3.62. The zero-order valence-electron chi connectivity index (χ0n) is 12.6. The van der Waals surface area contributed by atoms with Crippen LogP contribution < -0.4 is 10.0 Å². The van der Waals surface area contributed by atoms with Crippen LogP contribution in [0, 0.1) is 5.41 Å². The molecule has 22 heavy (non-hydrogen) atoms. The quantitative estimate of drug-likeness (QED) is 0.738. The Labute approximate surface area is 131 Å². The van der Waals surface area contributed by atoms with Gasteiger partial charge in [0, 0.05) is 31.2 Å². The van der Waals surface area contributed by atoms with Crippen LogP contribution in [0.1, 0.15) is 32.6 Å². The van der Waals surface area contributed by atoms with E-state index in [0.717, 1.165) is 25.7 Å². The lowest BCUT2D eigenvalue weighted by Crippen LogP contribution is -2.38. The van der Waals surface area contributed by atoms with Crippen LogP contribution in [0.15, 0.2) is 29.2 Å². The van der Waals surface area contributed by atoms with Gasteiger partial charge in [0.1, 0.15) is 0 Å². The van der Waals surface area contributed by atoms with Crippen LogP contribution >= 0.6 is 0 Å². The van der Waals surface area contributed by atoms with Crippen molar-refractivity contribution in [2.45, 2.75) is 37.5 Å². The normalized spacial score (nSPS) is 17.4. The summed E-state index contributed by atoms with van der Waals surface area (Å²) in [6.07, 6.45) is 3.72. The summed E-state index contributed by atoms with van der Waals surface area (Å²) < 4.78 is 27.2. The van der Waals surface area contributed by atoms with E-state index in [-0.39, 0.29) is 29.4 Å². The maximum absolute atomic E-state index is 12.3. The lowest BCUT2D eigenvalue weighted by atomic mass is 9.88. The molecule has 0 aromatic heterocycles. The molecule has 0 aliphatic heterocycles. The molecule has 1 aliphatic carbocycles. The molecule has 1 saturated carbocycles. The standard InChI is InChI=1S/C15H22N2O4S/c1-12(19)17-13-4-6-14(7-5-13)22(20,21)16-10-15(11-18)8-2-3-9-15/h4-7,16,18H,2-3,8-11H2,1H3,(H,17,19). The fourth-order valence-electron chi connectivity index (χ4n) is 2.77. The molecule has 1 fully saturated rings. The number of amides is 1. The van der Waals surface area contributed by atoms with Crippen LogP contribution in [-0.2, 0) is 14.8 Å². The Kier molecular flexibility index (Phi) is 5.20. The molecule has 0 saturated heterocycles. The molecule has 122 valence electrons. The number of hydrogen-bond donors (Lipinski definition) is 3. The predicted molar refractivity (Wildman–Crippen MR) is 83.9 cm³/mol. The van der Waals surface area contributed by atoms with Crippen LogP contribution in [0.25, 0.3) is 0 Å². The highest BCUT2D eigenvalue weighted by Crippen LogP contribution is 2.37. The van der Waals surface area contributed by atoms with Gasteiger partial charge < -0.3 is 10.4 Å². The van der Waals surface area contributed by atoms with Crippen LogP contribution in [-0.4, -0.2) is 32.6 Å². The first-order valence-electron chi connectivity index (χ1n) is 7.35. The molecule has 0 bridgehead atoms. The third-order valence-electron chi connectivity index (χ3n) is 4.12. The number of rotatable bonds is 6. The summed E-state index contributed by atoms with van der Waals surface area (Å²) in [6.45, 7) is 1.64. The summed E-state index contributed by atoms with van der Waals surface area (Å²) >= 11 is 0. The van der Waals surface area contributed by atoms with E-state index in [1.54, 1.807) is 12.1 Å². The largest absolute Gasteiger partial charge is 0.396 e. The number of aliphatic hydroxyl groups is 1. The van der Waals surface area contributed by atoms with Crippen molar-refractivity contribution in [1.82, 2.24) is 4.72 Å². The van der Waals surface area contributed by atoms with Crippen molar-refractivity contribution in [3.8, 4) is 0 Å². The molecule has 0 unspecified atom stereocenters. The molecule has 2 rings (SSSR count). The van der Waals surface area contributed by atoms with Crippen molar-refractivity contribution in [3.63, 3.8) is 0 Å². The topological polar surface area (TPSA) is 95.5 Å². The molecule has 1 aliphatic rings. The zero-order valence-corrected chi connectivity index (χ0v) is 13.4. The number of anilines is 1. The smallest absolute Gasteiger partial charge is 0.240 e. The minimum absolute atomic E-state index is 0.00299. The third-order valence-corrected chi connectivity index (χ3v) is 5.54. The number of carbonyl (C=O) groups excluding carboxylic acids is 1. The summed E-state index contributed by atoms with van der Waals surface area (Å²) in [5.41, 5.74) is 0.220. The molecule has 3 N–H and O–H groups in total. The van der Waals surface area contributed by atoms with Gasteiger partial charge in [-0.3, -0.25) is 4.79 Å². The molecule has 6 nitrogen and oxygen atoms in total. The molecule has 1 amide bonds. The molecule has 1 aromatic carbocycles. The Hall–Kier alpha value is -1.44. The van der Waals surface area contributed by atoms with Crippen molar-refractivity contribution in [2.24, 2.45) is 5.41 Å². The Balaban J connectivity index is 2.05. The number of carbonyl (C=O) groups is 1. The van der Waals surface area contributed by atoms with Gasteiger partial charge in [-0.25, -0.2) is 13.1 Å². The molecule has 0 heterocycles. The van der Waals surface area contributed by atoms with Gasteiger partial charge in [0.05, 0.1) is 4.90 Å². The van der Waals surface area contributed by atoms with Crippen molar-refractivity contribution in [1.29, 1.82) is 0 Å². The SMILES string of the molecule is CC(=O)Nc1ccc(S(=O)(=O)NCC2(CO)CCCC2)cc1. The van der Waals surface area contributed by atoms with E-state index >= 15 is 0 Å². The second kappa shape index (κ2) is 6.76. The van der Waals surface area contributed by atoms with E-state index in [2.05, 4.69) is 10.0 Å². The average Bonchev–Trinajstić information content (AvgIpc) is 2.95. The van der Waals surface area contributed by atoms with Gasteiger partial charge in [-0.1, -0.05) is 12.8 Å². The molecule has 0 radical (unpaired) electrons. The first-order valence-corrected chi connectivity index (χ1v) is 8.83. The first kappa shape index (κ1) is 16.9. The van der Waals surface area contributed by atoms with Crippen molar-refractivity contribution >= 4 is 21.6 Å². The predicted octanol–water partition coefficient (Wildman–Crippen LogP) is 1.48. The molecule has 7 heteroatoms. The number of hydrogen-bond acceptors (Lipinski definition) is 4. The Morgan fingerprint density at radius 1 is 1.23 bits per heavy atom. The van der Waals surface area contributed by atoms with Gasteiger partial charge in [-0.05, 0) is 37.1 Å². The molecule has 1 aromatic rings. The van der Waals surface area contributed by atoms with Crippen molar-refractivity contribution in [2.75, 3.05) is 18.5 Å². The summed E-state index contributed by atoms with van der Waals surface area (Å²) in [4.78, 5) is 11.1. The van der Waals surface area contributed by atoms with E-state index in [9.17, 15) is 18.3 Å². The number of sulfonamides is 1. The minimum Gasteiger partial charge on any atom is -0.396 e. The molecule has 0 spiro atoms. The van der Waals surface area contributed by atoms with Gasteiger partial charge in [-0.15, -0.1) is 0 Å². The zero-order chi connectivity index (χ0) is 16.2. The fourth-order valence-corrected chi connectivity index (χ4v) is 3.93. The highest BCUT2D eigenvalue weighted by molar-refractivity contribution is 7.89. The van der Waals surface area contributed by atoms with E-state index in [4.69, 9.17) is 0 Å². The maximum atomic E-state index is 12.3. The summed E-state index contributed by atoms with van der Waals surface area (Å²) in [5, 5.41) is 12.1. The lowest BCUT2D eigenvalue weighted by molar-refractivity contribution is -0.114. The van der Waals surface area contributed by atoms with Crippen LogP contribution in [0.5, 0.6) is 0 Å². The Morgan fingerprint density at radius 2 is 1.82 bits per heavy atom. The summed E-state index contributed by atoms with van der Waals surface area (Å²) in [5.74, 6) is -0.208.